The summed E-state index contributed by atoms with van der Waals surface area (Å²) in [6, 6.07) is 106. The summed E-state index contributed by atoms with van der Waals surface area (Å²) in [6.45, 7) is 21.2. The molecule has 1 unspecified atom stereocenters. The SMILES string of the molecule is CC(C)(C)c1cccc(C2(c3cccc(C(C)(C)C)c3)c3ccccc3-c3c(N(c4ccc(-c5ccc6c(c5)C(C)(c5ccccc5)c5ccccc5-6)cc4)c4ccc(-c5ccccc5-c5cccc6c5C(C)(C)c5ccccc5-6)cc4)cccc32)c1. The van der Waals surface area contributed by atoms with Gasteiger partial charge in [-0.15, -0.1) is 0 Å². The predicted octanol–water partition coefficient (Wildman–Crippen LogP) is 22.8. The van der Waals surface area contributed by atoms with Crippen LogP contribution in [0.1, 0.15) is 124 Å². The van der Waals surface area contributed by atoms with Gasteiger partial charge in [-0.05, 0) is 177 Å². The van der Waals surface area contributed by atoms with Gasteiger partial charge in [0.2, 0.25) is 0 Å². The lowest BCUT2D eigenvalue weighted by atomic mass is 9.66. The van der Waals surface area contributed by atoms with Crippen molar-refractivity contribution in [1.82, 2.24) is 0 Å². The number of hydrogen-bond donors (Lipinski definition) is 0. The lowest BCUT2D eigenvalue weighted by Crippen LogP contribution is -2.30. The Morgan fingerprint density at radius 3 is 1.34 bits per heavy atom. The number of anilines is 3. The molecule has 422 valence electrons. The summed E-state index contributed by atoms with van der Waals surface area (Å²) < 4.78 is 0. The van der Waals surface area contributed by atoms with Gasteiger partial charge in [0.15, 0.2) is 0 Å². The minimum Gasteiger partial charge on any atom is -0.310 e. The van der Waals surface area contributed by atoms with Crippen molar-refractivity contribution in [3.8, 4) is 66.8 Å². The largest absolute Gasteiger partial charge is 0.310 e. The quantitative estimate of drug-likeness (QED) is 0.139. The molecule has 1 atom stereocenters. The van der Waals surface area contributed by atoms with Gasteiger partial charge in [-0.1, -0.05) is 298 Å². The van der Waals surface area contributed by atoms with E-state index >= 15 is 0 Å². The van der Waals surface area contributed by atoms with Gasteiger partial charge in [0.25, 0.3) is 0 Å². The van der Waals surface area contributed by atoms with Gasteiger partial charge in [-0.3, -0.25) is 0 Å². The fraction of sp³-hybridized carbons (Fsp3) is 0.163. The summed E-state index contributed by atoms with van der Waals surface area (Å²) in [5.74, 6) is 0. The van der Waals surface area contributed by atoms with Crippen LogP contribution in [0, 0.1) is 0 Å². The Labute approximate surface area is 515 Å². The Kier molecular flexibility index (Phi) is 12.4. The van der Waals surface area contributed by atoms with Crippen LogP contribution >= 0.6 is 0 Å². The fourth-order valence-corrected chi connectivity index (χ4v) is 15.5. The van der Waals surface area contributed by atoms with Crippen LogP contribution in [0.15, 0.2) is 279 Å². The van der Waals surface area contributed by atoms with E-state index in [1.54, 1.807) is 0 Å². The van der Waals surface area contributed by atoms with Crippen molar-refractivity contribution in [2.24, 2.45) is 0 Å². The van der Waals surface area contributed by atoms with Crippen molar-refractivity contribution in [3.63, 3.8) is 0 Å². The van der Waals surface area contributed by atoms with Crippen LogP contribution in [0.3, 0.4) is 0 Å². The lowest BCUT2D eigenvalue weighted by molar-refractivity contribution is 0.585. The maximum absolute atomic E-state index is 2.53. The summed E-state index contributed by atoms with van der Waals surface area (Å²) in [5.41, 5.74) is 31.8. The molecule has 0 saturated carbocycles. The molecule has 0 fully saturated rings. The van der Waals surface area contributed by atoms with E-state index in [0.29, 0.717) is 0 Å². The van der Waals surface area contributed by atoms with E-state index < -0.39 is 5.41 Å². The van der Waals surface area contributed by atoms with E-state index in [0.717, 1.165) is 17.1 Å². The van der Waals surface area contributed by atoms with E-state index in [1.165, 1.54) is 128 Å². The molecule has 1 nitrogen and oxygen atoms in total. The average Bonchev–Trinajstić information content (AvgIpc) is 1.59. The molecule has 0 radical (unpaired) electrons. The molecule has 12 aromatic rings. The van der Waals surface area contributed by atoms with Gasteiger partial charge in [0.05, 0.1) is 11.1 Å². The average molecular weight is 1120 g/mol. The van der Waals surface area contributed by atoms with E-state index in [4.69, 9.17) is 0 Å². The van der Waals surface area contributed by atoms with Gasteiger partial charge in [0, 0.05) is 27.8 Å². The first kappa shape index (κ1) is 54.1. The third kappa shape index (κ3) is 8.33. The highest BCUT2D eigenvalue weighted by atomic mass is 15.1. The van der Waals surface area contributed by atoms with Crippen LogP contribution in [-0.2, 0) is 27.1 Å². The van der Waals surface area contributed by atoms with E-state index in [1.807, 2.05) is 0 Å². The first-order valence-corrected chi connectivity index (χ1v) is 31.2. The molecule has 3 aliphatic rings. The second kappa shape index (κ2) is 20.0. The molecular formula is C86H73N. The van der Waals surface area contributed by atoms with Crippen LogP contribution in [0.4, 0.5) is 17.1 Å². The topological polar surface area (TPSA) is 3.24 Å². The minimum atomic E-state index is -0.622. The van der Waals surface area contributed by atoms with Crippen LogP contribution in [0.25, 0.3) is 66.8 Å². The second-order valence-corrected chi connectivity index (χ2v) is 27.3. The molecule has 87 heavy (non-hydrogen) atoms. The highest BCUT2D eigenvalue weighted by Crippen LogP contribution is 2.61. The van der Waals surface area contributed by atoms with E-state index in [9.17, 15) is 0 Å². The fourth-order valence-electron chi connectivity index (χ4n) is 15.5. The molecule has 0 heterocycles. The molecule has 12 aromatic carbocycles. The lowest BCUT2D eigenvalue weighted by Gasteiger charge is -2.36. The summed E-state index contributed by atoms with van der Waals surface area (Å²) in [7, 11) is 0. The van der Waals surface area contributed by atoms with Gasteiger partial charge < -0.3 is 4.90 Å². The third-order valence-corrected chi connectivity index (χ3v) is 20.0. The molecule has 1 heteroatoms. The number of benzene rings is 12. The van der Waals surface area contributed by atoms with Crippen molar-refractivity contribution < 1.29 is 0 Å². The normalized spacial score (nSPS) is 15.6. The zero-order chi connectivity index (χ0) is 59.6. The van der Waals surface area contributed by atoms with Crippen LogP contribution < -0.4 is 4.90 Å². The molecule has 0 bridgehead atoms. The number of nitrogens with zero attached hydrogens (tertiary/aromatic N) is 1. The zero-order valence-electron chi connectivity index (χ0n) is 51.5. The third-order valence-electron chi connectivity index (χ3n) is 20.0. The van der Waals surface area contributed by atoms with Crippen molar-refractivity contribution >= 4 is 17.1 Å². The molecule has 3 aliphatic carbocycles. The van der Waals surface area contributed by atoms with Crippen molar-refractivity contribution in [3.05, 3.63) is 340 Å². The maximum atomic E-state index is 2.53. The Hall–Kier alpha value is -9.56. The molecule has 0 spiro atoms. The Morgan fingerprint density at radius 2 is 0.724 bits per heavy atom. The molecule has 0 N–H and O–H groups in total. The summed E-state index contributed by atoms with van der Waals surface area (Å²) in [4.78, 5) is 2.53. The number of rotatable bonds is 9. The molecular weight excluding hydrogens is 1050 g/mol. The van der Waals surface area contributed by atoms with E-state index in [2.05, 4.69) is 346 Å². The monoisotopic (exact) mass is 1120 g/mol. The first-order valence-electron chi connectivity index (χ1n) is 31.2. The Morgan fingerprint density at radius 1 is 0.287 bits per heavy atom. The first-order chi connectivity index (χ1) is 42.1. The Balaban J connectivity index is 0.918. The number of fused-ring (bicyclic) bond motifs is 9. The summed E-state index contributed by atoms with van der Waals surface area (Å²) in [6.07, 6.45) is 0. The van der Waals surface area contributed by atoms with Crippen molar-refractivity contribution in [2.75, 3.05) is 4.90 Å². The summed E-state index contributed by atoms with van der Waals surface area (Å²) >= 11 is 0. The van der Waals surface area contributed by atoms with Gasteiger partial charge in [-0.25, -0.2) is 0 Å². The van der Waals surface area contributed by atoms with E-state index in [-0.39, 0.29) is 21.7 Å². The van der Waals surface area contributed by atoms with Crippen molar-refractivity contribution in [2.45, 2.75) is 89.4 Å². The van der Waals surface area contributed by atoms with Gasteiger partial charge >= 0.3 is 0 Å². The Bertz CT molecular complexity index is 4620. The molecule has 0 saturated heterocycles. The smallest absolute Gasteiger partial charge is 0.0714 e. The van der Waals surface area contributed by atoms with Gasteiger partial charge in [-0.2, -0.15) is 0 Å². The number of hydrogen-bond acceptors (Lipinski definition) is 1. The molecule has 0 aromatic heterocycles. The maximum Gasteiger partial charge on any atom is 0.0714 e. The summed E-state index contributed by atoms with van der Waals surface area (Å²) in [5, 5.41) is 0. The van der Waals surface area contributed by atoms with Crippen LogP contribution in [0.2, 0.25) is 0 Å². The highest BCUT2D eigenvalue weighted by Gasteiger charge is 2.48. The van der Waals surface area contributed by atoms with Crippen molar-refractivity contribution in [1.29, 1.82) is 0 Å². The molecule has 0 aliphatic heterocycles. The molecule has 0 amide bonds. The van der Waals surface area contributed by atoms with Gasteiger partial charge in [0.1, 0.15) is 0 Å². The highest BCUT2D eigenvalue weighted by molar-refractivity contribution is 5.99. The predicted molar refractivity (Wildman–Crippen MR) is 367 cm³/mol. The van der Waals surface area contributed by atoms with Crippen LogP contribution in [-0.4, -0.2) is 0 Å². The standard InChI is InChI=1S/C86H73N/c1-82(2,3)60-27-21-29-62(54-60)86(63-30-22-28-61(55-63)83(4,5)6)76-40-20-17-35-73(76)80-77(86)41-24-42-79(80)87(64-48-43-56(44-49-64)58-47-52-70-68-33-16-19-39-75(68)85(9,78(70)53-58)59-25-11-10-12-26-59)65-50-45-57(46-51-65)66-31-13-14-32-67(66)71-36-23-37-72-69-34-15-18-38-74(69)84(7,8)81(71)72/h10-55H,1-9H3. The molecule has 15 rings (SSSR count). The van der Waals surface area contributed by atoms with Crippen LogP contribution in [0.5, 0.6) is 0 Å². The zero-order valence-corrected chi connectivity index (χ0v) is 51.5. The second-order valence-electron chi connectivity index (χ2n) is 27.3. The minimum absolute atomic E-state index is 0.0567.